The highest BCUT2D eigenvalue weighted by atomic mass is 16.5. The SMILES string of the molecule is CCCc1nn(-c2ccccc2)c2c1C(Cc1ccccc1)C(C#N)=C(N)O2. The molecule has 5 heteroatoms. The predicted octanol–water partition coefficient (Wildman–Crippen LogP) is 4.24. The molecule has 0 aliphatic carbocycles. The van der Waals surface area contributed by atoms with E-state index in [-0.39, 0.29) is 11.8 Å². The molecule has 4 rings (SSSR count). The summed E-state index contributed by atoms with van der Waals surface area (Å²) in [5.74, 6) is 0.610. The largest absolute Gasteiger partial charge is 0.422 e. The topological polar surface area (TPSA) is 76.9 Å². The Hall–Kier alpha value is -3.52. The van der Waals surface area contributed by atoms with Gasteiger partial charge in [-0.05, 0) is 30.5 Å². The zero-order valence-electron chi connectivity index (χ0n) is 15.8. The van der Waals surface area contributed by atoms with Crippen LogP contribution < -0.4 is 10.5 Å². The molecule has 0 radical (unpaired) electrons. The Balaban J connectivity index is 1.89. The first-order valence-electron chi connectivity index (χ1n) is 9.51. The maximum absolute atomic E-state index is 9.78. The molecule has 1 aromatic heterocycles. The summed E-state index contributed by atoms with van der Waals surface area (Å²) >= 11 is 0. The summed E-state index contributed by atoms with van der Waals surface area (Å²) in [5, 5.41) is 14.6. The van der Waals surface area contributed by atoms with Crippen LogP contribution in [-0.4, -0.2) is 9.78 Å². The second kappa shape index (κ2) is 7.61. The van der Waals surface area contributed by atoms with Gasteiger partial charge >= 0.3 is 0 Å². The van der Waals surface area contributed by atoms with Crippen molar-refractivity contribution < 1.29 is 4.74 Å². The Morgan fingerprint density at radius 3 is 2.43 bits per heavy atom. The van der Waals surface area contributed by atoms with Crippen molar-refractivity contribution in [3.8, 4) is 17.6 Å². The highest BCUT2D eigenvalue weighted by Gasteiger charge is 2.35. The first-order valence-corrected chi connectivity index (χ1v) is 9.51. The number of para-hydroxylation sites is 1. The third-order valence-corrected chi connectivity index (χ3v) is 5.01. The number of nitrogens with two attached hydrogens (primary N) is 1. The number of ether oxygens (including phenoxy) is 1. The molecular formula is C23H22N4O. The molecule has 2 heterocycles. The van der Waals surface area contributed by atoms with Gasteiger partial charge in [0.2, 0.25) is 11.8 Å². The molecule has 5 nitrogen and oxygen atoms in total. The molecule has 140 valence electrons. The van der Waals surface area contributed by atoms with Crippen LogP contribution in [0, 0.1) is 11.3 Å². The summed E-state index contributed by atoms with van der Waals surface area (Å²) in [5.41, 5.74) is 10.6. The Morgan fingerprint density at radius 2 is 1.79 bits per heavy atom. The molecule has 1 unspecified atom stereocenters. The number of hydrogen-bond donors (Lipinski definition) is 1. The molecule has 0 saturated heterocycles. The first kappa shape index (κ1) is 17.9. The lowest BCUT2D eigenvalue weighted by molar-refractivity contribution is 0.362. The van der Waals surface area contributed by atoms with E-state index in [1.165, 1.54) is 0 Å². The summed E-state index contributed by atoms with van der Waals surface area (Å²) in [6.07, 6.45) is 2.45. The quantitative estimate of drug-likeness (QED) is 0.729. The highest BCUT2D eigenvalue weighted by Crippen LogP contribution is 2.43. The third-order valence-electron chi connectivity index (χ3n) is 5.01. The van der Waals surface area contributed by atoms with Crippen molar-refractivity contribution in [3.63, 3.8) is 0 Å². The third kappa shape index (κ3) is 3.14. The van der Waals surface area contributed by atoms with Gasteiger partial charge in [-0.1, -0.05) is 61.9 Å². The van der Waals surface area contributed by atoms with Crippen LogP contribution in [-0.2, 0) is 12.8 Å². The maximum atomic E-state index is 9.78. The zero-order chi connectivity index (χ0) is 19.5. The van der Waals surface area contributed by atoms with Gasteiger partial charge in [-0.3, -0.25) is 0 Å². The van der Waals surface area contributed by atoms with Crippen LogP contribution in [0.3, 0.4) is 0 Å². The fourth-order valence-electron chi connectivity index (χ4n) is 3.73. The van der Waals surface area contributed by atoms with Gasteiger partial charge < -0.3 is 10.5 Å². The zero-order valence-corrected chi connectivity index (χ0v) is 15.8. The molecule has 0 fully saturated rings. The van der Waals surface area contributed by atoms with Gasteiger partial charge in [-0.25, -0.2) is 4.68 Å². The average molecular weight is 370 g/mol. The van der Waals surface area contributed by atoms with E-state index in [1.54, 1.807) is 4.68 Å². The molecule has 28 heavy (non-hydrogen) atoms. The van der Waals surface area contributed by atoms with Gasteiger partial charge in [0.05, 0.1) is 17.0 Å². The van der Waals surface area contributed by atoms with E-state index >= 15 is 0 Å². The highest BCUT2D eigenvalue weighted by molar-refractivity contribution is 5.53. The van der Waals surface area contributed by atoms with Gasteiger partial charge in [0.1, 0.15) is 6.07 Å². The van der Waals surface area contributed by atoms with E-state index in [9.17, 15) is 5.26 Å². The van der Waals surface area contributed by atoms with E-state index < -0.39 is 0 Å². The number of allylic oxidation sites excluding steroid dienone is 1. The van der Waals surface area contributed by atoms with Gasteiger partial charge in [0.15, 0.2) is 0 Å². The molecule has 0 saturated carbocycles. The van der Waals surface area contributed by atoms with Gasteiger partial charge in [0, 0.05) is 11.5 Å². The van der Waals surface area contributed by atoms with Gasteiger partial charge in [0.25, 0.3) is 0 Å². The minimum Gasteiger partial charge on any atom is -0.422 e. The van der Waals surface area contributed by atoms with Crippen molar-refractivity contribution in [1.29, 1.82) is 5.26 Å². The fourth-order valence-corrected chi connectivity index (χ4v) is 3.73. The Labute approximate surface area is 164 Å². The average Bonchev–Trinajstić information content (AvgIpc) is 3.08. The predicted molar refractivity (Wildman–Crippen MR) is 108 cm³/mol. The number of nitrogens with zero attached hydrogens (tertiary/aromatic N) is 3. The van der Waals surface area contributed by atoms with E-state index in [2.05, 4.69) is 25.1 Å². The van der Waals surface area contributed by atoms with Crippen molar-refractivity contribution in [2.45, 2.75) is 32.1 Å². The maximum Gasteiger partial charge on any atom is 0.228 e. The lowest BCUT2D eigenvalue weighted by atomic mass is 9.84. The number of aromatic nitrogens is 2. The lowest BCUT2D eigenvalue weighted by Gasteiger charge is -2.25. The smallest absolute Gasteiger partial charge is 0.228 e. The molecule has 1 aliphatic heterocycles. The number of hydrogen-bond acceptors (Lipinski definition) is 4. The molecule has 0 amide bonds. The van der Waals surface area contributed by atoms with Crippen LogP contribution in [0.5, 0.6) is 5.88 Å². The van der Waals surface area contributed by atoms with E-state index in [0.717, 1.165) is 35.3 Å². The molecule has 1 atom stereocenters. The van der Waals surface area contributed by atoms with Gasteiger partial charge in [-0.15, -0.1) is 0 Å². The molecule has 0 bridgehead atoms. The summed E-state index contributed by atoms with van der Waals surface area (Å²) < 4.78 is 7.76. The minimum atomic E-state index is -0.171. The number of benzene rings is 2. The Bertz CT molecular complexity index is 1050. The van der Waals surface area contributed by atoms with Crippen molar-refractivity contribution in [3.05, 3.63) is 88.9 Å². The van der Waals surface area contributed by atoms with E-state index in [1.807, 2.05) is 48.5 Å². The van der Waals surface area contributed by atoms with Crippen molar-refractivity contribution in [2.75, 3.05) is 0 Å². The molecule has 3 aromatic rings. The number of nitriles is 1. The van der Waals surface area contributed by atoms with Crippen LogP contribution in [0.25, 0.3) is 5.69 Å². The molecule has 0 spiro atoms. The Morgan fingerprint density at radius 1 is 1.11 bits per heavy atom. The fraction of sp³-hybridized carbons (Fsp3) is 0.217. The minimum absolute atomic E-state index is 0.163. The molecule has 1 aliphatic rings. The van der Waals surface area contributed by atoms with Crippen molar-refractivity contribution >= 4 is 0 Å². The standard InChI is InChI=1S/C23H22N4O/c1-2-9-20-21-18(14-16-10-5-3-6-11-16)19(15-24)22(25)28-23(21)27(26-20)17-12-7-4-8-13-17/h3-8,10-13,18H,2,9,14,25H2,1H3. The van der Waals surface area contributed by atoms with E-state index in [0.29, 0.717) is 17.9 Å². The van der Waals surface area contributed by atoms with Crippen LogP contribution in [0.2, 0.25) is 0 Å². The summed E-state index contributed by atoms with van der Waals surface area (Å²) in [6.45, 7) is 2.12. The van der Waals surface area contributed by atoms with Crippen molar-refractivity contribution in [1.82, 2.24) is 9.78 Å². The molecule has 2 N–H and O–H groups in total. The monoisotopic (exact) mass is 370 g/mol. The summed E-state index contributed by atoms with van der Waals surface area (Å²) in [7, 11) is 0. The number of aryl methyl sites for hydroxylation is 1. The summed E-state index contributed by atoms with van der Waals surface area (Å²) in [4.78, 5) is 0. The number of rotatable bonds is 5. The number of fused-ring (bicyclic) bond motifs is 1. The molecule has 2 aromatic carbocycles. The van der Waals surface area contributed by atoms with Crippen LogP contribution in [0.15, 0.2) is 72.1 Å². The van der Waals surface area contributed by atoms with E-state index in [4.69, 9.17) is 15.6 Å². The second-order valence-corrected chi connectivity index (χ2v) is 6.90. The second-order valence-electron chi connectivity index (χ2n) is 6.90. The van der Waals surface area contributed by atoms with Crippen molar-refractivity contribution in [2.24, 2.45) is 5.73 Å². The van der Waals surface area contributed by atoms with Crippen LogP contribution in [0.4, 0.5) is 0 Å². The van der Waals surface area contributed by atoms with Gasteiger partial charge in [-0.2, -0.15) is 10.4 Å². The Kier molecular flexibility index (Phi) is 4.86. The van der Waals surface area contributed by atoms with Crippen LogP contribution in [0.1, 0.15) is 36.1 Å². The molecular weight excluding hydrogens is 348 g/mol. The summed E-state index contributed by atoms with van der Waals surface area (Å²) in [6, 6.07) is 22.3. The normalized spacial score (nSPS) is 15.6. The lowest BCUT2D eigenvalue weighted by Crippen LogP contribution is -2.22. The van der Waals surface area contributed by atoms with Crippen LogP contribution >= 0.6 is 0 Å². The first-order chi connectivity index (χ1) is 13.7.